The van der Waals surface area contributed by atoms with E-state index in [0.717, 1.165) is 19.3 Å². The van der Waals surface area contributed by atoms with Crippen LogP contribution in [-0.4, -0.2) is 76.4 Å². The molecule has 4 aliphatic rings. The number of rotatable bonds is 5. The standard InChI is InChI=1S/C29H28Cl2F7N7O/c30-18-7-19(39)41-24(21(18)29(36,37)38)20-17(28(33,34)35)6-16-23(22(20)31)42-26(43-25(16)44-10-14-2-3-15(11-44)40-14)46-12-27-4-1-5-45(27)9-13(32)8-27/h6-7,13-15,40H,1-5,8-12H2,(H2,39,41)/t13-,14?,15?,27+/m1/s1. The molecule has 4 fully saturated rings. The first-order valence-corrected chi connectivity index (χ1v) is 15.6. The molecular weight excluding hydrogens is 666 g/mol. The molecule has 6 heterocycles. The van der Waals surface area contributed by atoms with Crippen molar-refractivity contribution in [3.63, 3.8) is 0 Å². The summed E-state index contributed by atoms with van der Waals surface area (Å²) in [7, 11) is 0. The number of piperazine rings is 1. The van der Waals surface area contributed by atoms with E-state index in [1.54, 1.807) is 0 Å². The number of alkyl halides is 7. The molecule has 2 unspecified atom stereocenters. The van der Waals surface area contributed by atoms with Gasteiger partial charge in [-0.2, -0.15) is 36.3 Å². The van der Waals surface area contributed by atoms with Crippen LogP contribution in [0.25, 0.3) is 22.2 Å². The summed E-state index contributed by atoms with van der Waals surface area (Å²) in [6.07, 6.45) is -7.94. The van der Waals surface area contributed by atoms with Gasteiger partial charge in [0.25, 0.3) is 0 Å². The van der Waals surface area contributed by atoms with Crippen molar-refractivity contribution in [2.24, 2.45) is 0 Å². The lowest BCUT2D eigenvalue weighted by Crippen LogP contribution is -2.51. The van der Waals surface area contributed by atoms with E-state index in [1.807, 2.05) is 9.80 Å². The first kappa shape index (κ1) is 31.7. The van der Waals surface area contributed by atoms with Crippen molar-refractivity contribution in [3.05, 3.63) is 33.3 Å². The molecule has 17 heteroatoms. The van der Waals surface area contributed by atoms with E-state index in [4.69, 9.17) is 33.7 Å². The third-order valence-corrected chi connectivity index (χ3v) is 10.1. The van der Waals surface area contributed by atoms with Crippen molar-refractivity contribution in [1.29, 1.82) is 0 Å². The van der Waals surface area contributed by atoms with E-state index in [-0.39, 0.29) is 54.4 Å². The van der Waals surface area contributed by atoms with Crippen LogP contribution in [-0.2, 0) is 12.4 Å². The van der Waals surface area contributed by atoms with E-state index in [1.165, 1.54) is 0 Å². The molecule has 0 spiro atoms. The zero-order chi connectivity index (χ0) is 32.8. The summed E-state index contributed by atoms with van der Waals surface area (Å²) in [6.45, 7) is 1.80. The molecule has 0 saturated carbocycles. The van der Waals surface area contributed by atoms with Crippen LogP contribution < -0.4 is 20.7 Å². The monoisotopic (exact) mass is 693 g/mol. The highest BCUT2D eigenvalue weighted by Gasteiger charge is 2.50. The normalized spacial score (nSPS) is 26.7. The van der Waals surface area contributed by atoms with Crippen molar-refractivity contribution in [3.8, 4) is 17.3 Å². The summed E-state index contributed by atoms with van der Waals surface area (Å²) in [6, 6.07) is 1.28. The van der Waals surface area contributed by atoms with Crippen LogP contribution in [0.15, 0.2) is 12.1 Å². The number of pyridine rings is 1. The van der Waals surface area contributed by atoms with Gasteiger partial charge in [0, 0.05) is 49.1 Å². The zero-order valence-corrected chi connectivity index (χ0v) is 25.6. The smallest absolute Gasteiger partial charge is 0.419 e. The SMILES string of the molecule is Nc1cc(Cl)c(C(F)(F)F)c(-c2c(C(F)(F)F)cc3c(N4CC5CCC(C4)N5)nc(OC[C@@]45CCCN4C[C@H](F)C5)nc3c2Cl)n1. The molecule has 0 amide bonds. The summed E-state index contributed by atoms with van der Waals surface area (Å²) in [4.78, 5) is 16.4. The Bertz CT molecular complexity index is 1700. The highest BCUT2D eigenvalue weighted by Crippen LogP contribution is 2.50. The number of benzene rings is 1. The quantitative estimate of drug-likeness (QED) is 0.292. The molecule has 0 aliphatic carbocycles. The van der Waals surface area contributed by atoms with Gasteiger partial charge in [-0.25, -0.2) is 9.37 Å². The minimum atomic E-state index is -5.21. The molecule has 7 rings (SSSR count). The molecule has 3 aromatic rings. The predicted molar refractivity (Wildman–Crippen MR) is 158 cm³/mol. The van der Waals surface area contributed by atoms with Gasteiger partial charge in [0.05, 0.1) is 32.4 Å². The number of nitrogen functional groups attached to an aromatic ring is 1. The number of halogens is 9. The first-order chi connectivity index (χ1) is 21.6. The maximum atomic E-state index is 14.8. The van der Waals surface area contributed by atoms with Gasteiger partial charge in [0.15, 0.2) is 0 Å². The molecule has 3 N–H and O–H groups in total. The zero-order valence-electron chi connectivity index (χ0n) is 24.1. The maximum absolute atomic E-state index is 14.8. The lowest BCUT2D eigenvalue weighted by Gasteiger charge is -2.35. The van der Waals surface area contributed by atoms with Crippen LogP contribution in [0, 0.1) is 0 Å². The second-order valence-corrected chi connectivity index (χ2v) is 13.3. The number of nitrogens with one attached hydrogen (secondary N) is 1. The Morgan fingerprint density at radius 3 is 2.39 bits per heavy atom. The van der Waals surface area contributed by atoms with Crippen molar-refractivity contribution in [1.82, 2.24) is 25.2 Å². The molecule has 8 nitrogen and oxygen atoms in total. The summed E-state index contributed by atoms with van der Waals surface area (Å²) >= 11 is 12.6. The van der Waals surface area contributed by atoms with Gasteiger partial charge < -0.3 is 20.7 Å². The number of anilines is 2. The average Bonchev–Trinajstić information content (AvgIpc) is 3.60. The van der Waals surface area contributed by atoms with Gasteiger partial charge >= 0.3 is 18.4 Å². The van der Waals surface area contributed by atoms with Gasteiger partial charge in [-0.15, -0.1) is 0 Å². The fourth-order valence-corrected chi connectivity index (χ4v) is 8.20. The van der Waals surface area contributed by atoms with E-state index >= 15 is 0 Å². The van der Waals surface area contributed by atoms with Crippen LogP contribution >= 0.6 is 23.2 Å². The maximum Gasteiger partial charge on any atom is 0.419 e. The highest BCUT2D eigenvalue weighted by atomic mass is 35.5. The third kappa shape index (κ3) is 5.46. The molecule has 4 saturated heterocycles. The van der Waals surface area contributed by atoms with E-state index in [0.29, 0.717) is 38.2 Å². The topological polar surface area (TPSA) is 92.4 Å². The van der Waals surface area contributed by atoms with Crippen molar-refractivity contribution >= 4 is 45.7 Å². The molecule has 248 valence electrons. The van der Waals surface area contributed by atoms with Crippen LogP contribution in [0.5, 0.6) is 6.01 Å². The number of aromatic nitrogens is 3. The molecule has 4 aliphatic heterocycles. The fraction of sp³-hybridized carbons (Fsp3) is 0.552. The molecule has 2 bridgehead atoms. The predicted octanol–water partition coefficient (Wildman–Crippen LogP) is 6.51. The molecule has 0 radical (unpaired) electrons. The molecular formula is C29H28Cl2F7N7O. The van der Waals surface area contributed by atoms with Crippen molar-refractivity contribution in [2.75, 3.05) is 43.4 Å². The van der Waals surface area contributed by atoms with E-state index in [2.05, 4.69) is 20.3 Å². The second-order valence-electron chi connectivity index (χ2n) is 12.5. The summed E-state index contributed by atoms with van der Waals surface area (Å²) < 4.78 is 108. The largest absolute Gasteiger partial charge is 0.461 e. The Hall–Kier alpha value is -2.88. The summed E-state index contributed by atoms with van der Waals surface area (Å²) in [5.74, 6) is -0.438. The molecule has 2 aromatic heterocycles. The van der Waals surface area contributed by atoms with Crippen molar-refractivity contribution in [2.45, 2.75) is 68.3 Å². The summed E-state index contributed by atoms with van der Waals surface area (Å²) in [5.41, 5.74) is -0.535. The Morgan fingerprint density at radius 1 is 1.00 bits per heavy atom. The Kier molecular flexibility index (Phi) is 7.65. The van der Waals surface area contributed by atoms with Gasteiger partial charge in [-0.1, -0.05) is 23.2 Å². The molecule has 1 aromatic carbocycles. The highest BCUT2D eigenvalue weighted by molar-refractivity contribution is 6.38. The fourth-order valence-electron chi connectivity index (χ4n) is 7.55. The summed E-state index contributed by atoms with van der Waals surface area (Å²) in [5, 5.41) is 1.64. The minimum Gasteiger partial charge on any atom is -0.461 e. The lowest BCUT2D eigenvalue weighted by atomic mass is 9.95. The third-order valence-electron chi connectivity index (χ3n) is 9.45. The number of nitrogens with two attached hydrogens (primary N) is 1. The number of ether oxygens (including phenoxy) is 1. The number of hydrogen-bond acceptors (Lipinski definition) is 8. The Balaban J connectivity index is 1.44. The average molecular weight is 694 g/mol. The van der Waals surface area contributed by atoms with Crippen molar-refractivity contribution < 1.29 is 35.5 Å². The van der Waals surface area contributed by atoms with Crippen LogP contribution in [0.2, 0.25) is 10.0 Å². The number of hydrogen-bond donors (Lipinski definition) is 2. The minimum absolute atomic E-state index is 0.0148. The van der Waals surface area contributed by atoms with Gasteiger partial charge in [0.2, 0.25) is 0 Å². The Morgan fingerprint density at radius 2 is 1.72 bits per heavy atom. The number of nitrogens with zero attached hydrogens (tertiary/aromatic N) is 5. The first-order valence-electron chi connectivity index (χ1n) is 14.8. The number of fused-ring (bicyclic) bond motifs is 4. The van der Waals surface area contributed by atoms with Crippen LogP contribution in [0.3, 0.4) is 0 Å². The van der Waals surface area contributed by atoms with E-state index < -0.39 is 62.3 Å². The van der Waals surface area contributed by atoms with Crippen LogP contribution in [0.1, 0.15) is 43.2 Å². The van der Waals surface area contributed by atoms with Crippen LogP contribution in [0.4, 0.5) is 42.4 Å². The van der Waals surface area contributed by atoms with Gasteiger partial charge in [-0.3, -0.25) is 4.90 Å². The van der Waals surface area contributed by atoms with E-state index in [9.17, 15) is 30.7 Å². The second kappa shape index (κ2) is 11.1. The lowest BCUT2D eigenvalue weighted by molar-refractivity contribution is -0.139. The molecule has 46 heavy (non-hydrogen) atoms. The van der Waals surface area contributed by atoms with Gasteiger partial charge in [-0.05, 0) is 44.4 Å². The van der Waals surface area contributed by atoms with Gasteiger partial charge in [0.1, 0.15) is 30.0 Å². The Labute approximate surface area is 268 Å². The molecule has 4 atom stereocenters.